The highest BCUT2D eigenvalue weighted by Crippen LogP contribution is 2.26. The molecule has 132 valence electrons. The van der Waals surface area contributed by atoms with Crippen molar-refractivity contribution >= 4 is 0 Å². The molecule has 0 aliphatic heterocycles. The largest absolute Gasteiger partial charge is 0.497 e. The number of ether oxygens (including phenoxy) is 2. The topological polar surface area (TPSA) is 52.7 Å². The van der Waals surface area contributed by atoms with E-state index in [4.69, 9.17) is 13.9 Å². The van der Waals surface area contributed by atoms with Crippen LogP contribution in [0.15, 0.2) is 53.4 Å². The monoisotopic (exact) mass is 341 g/mol. The molecule has 0 aliphatic rings. The Morgan fingerprint density at radius 1 is 1.12 bits per heavy atom. The van der Waals surface area contributed by atoms with Crippen molar-refractivity contribution in [1.82, 2.24) is 14.7 Å². The number of nitrogens with zero attached hydrogens (tertiary/aromatic N) is 3. The molecule has 0 radical (unpaired) electrons. The summed E-state index contributed by atoms with van der Waals surface area (Å²) < 4.78 is 18.2. The van der Waals surface area contributed by atoms with Gasteiger partial charge in [0.15, 0.2) is 0 Å². The van der Waals surface area contributed by atoms with Crippen molar-refractivity contribution in [3.8, 4) is 11.5 Å². The Labute approximate surface area is 147 Å². The second kappa shape index (κ2) is 7.90. The predicted octanol–water partition coefficient (Wildman–Crippen LogP) is 3.23. The van der Waals surface area contributed by atoms with Gasteiger partial charge in [0.2, 0.25) is 0 Å². The molecule has 0 spiro atoms. The molecule has 3 rings (SSSR count). The first-order chi connectivity index (χ1) is 12.2. The van der Waals surface area contributed by atoms with Crippen molar-refractivity contribution in [2.45, 2.75) is 19.6 Å². The molecular formula is C19H23N3O3. The van der Waals surface area contributed by atoms with E-state index in [1.165, 1.54) is 0 Å². The van der Waals surface area contributed by atoms with E-state index in [1.807, 2.05) is 54.5 Å². The van der Waals surface area contributed by atoms with Crippen molar-refractivity contribution in [3.63, 3.8) is 0 Å². The lowest BCUT2D eigenvalue weighted by Crippen LogP contribution is -2.22. The summed E-state index contributed by atoms with van der Waals surface area (Å²) in [5, 5.41) is 4.26. The number of furan rings is 1. The van der Waals surface area contributed by atoms with Crippen molar-refractivity contribution in [2.75, 3.05) is 14.2 Å². The molecule has 6 nitrogen and oxygen atoms in total. The minimum absolute atomic E-state index is 0.697. The molecule has 2 heterocycles. The van der Waals surface area contributed by atoms with E-state index in [-0.39, 0.29) is 0 Å². The van der Waals surface area contributed by atoms with Crippen LogP contribution in [0.1, 0.15) is 16.9 Å². The van der Waals surface area contributed by atoms with Crippen LogP contribution in [0.5, 0.6) is 11.5 Å². The summed E-state index contributed by atoms with van der Waals surface area (Å²) >= 11 is 0. The normalized spacial score (nSPS) is 11.0. The lowest BCUT2D eigenvalue weighted by molar-refractivity contribution is 0.223. The molecule has 1 aromatic carbocycles. The second-order valence-corrected chi connectivity index (χ2v) is 5.92. The molecule has 0 saturated heterocycles. The maximum absolute atomic E-state index is 5.53. The van der Waals surface area contributed by atoms with Crippen LogP contribution in [0.2, 0.25) is 0 Å². The number of aryl methyl sites for hydroxylation is 1. The summed E-state index contributed by atoms with van der Waals surface area (Å²) in [6.07, 6.45) is 5.61. The molecule has 0 amide bonds. The van der Waals surface area contributed by atoms with Gasteiger partial charge in [-0.1, -0.05) is 0 Å². The fourth-order valence-electron chi connectivity index (χ4n) is 2.85. The molecule has 0 unspecified atom stereocenters. The Hall–Kier alpha value is -2.73. The van der Waals surface area contributed by atoms with Gasteiger partial charge in [-0.15, -0.1) is 0 Å². The van der Waals surface area contributed by atoms with Crippen molar-refractivity contribution in [3.05, 3.63) is 65.9 Å². The molecule has 0 atom stereocenters. The Kier molecular flexibility index (Phi) is 5.40. The van der Waals surface area contributed by atoms with Gasteiger partial charge in [-0.05, 0) is 30.3 Å². The summed E-state index contributed by atoms with van der Waals surface area (Å²) in [7, 11) is 5.27. The number of rotatable bonds is 8. The van der Waals surface area contributed by atoms with E-state index in [1.54, 1.807) is 20.5 Å². The van der Waals surface area contributed by atoms with Crippen LogP contribution in [0.4, 0.5) is 0 Å². The SMILES string of the molecule is COc1ccc(OC)c(CN(Cc2cnn(C)c2)Cc2ccco2)c1. The molecule has 2 aromatic heterocycles. The average Bonchev–Trinajstić information content (AvgIpc) is 3.26. The van der Waals surface area contributed by atoms with Crippen LogP contribution in [0.3, 0.4) is 0 Å². The summed E-state index contributed by atoms with van der Waals surface area (Å²) in [6.45, 7) is 2.16. The average molecular weight is 341 g/mol. The standard InChI is InChI=1S/C19H23N3O3/c1-21-11-15(10-20-21)12-22(14-18-5-4-8-25-18)13-16-9-17(23-2)6-7-19(16)24-3/h4-11H,12-14H2,1-3H3. The van der Waals surface area contributed by atoms with Crippen LogP contribution in [-0.4, -0.2) is 28.9 Å². The minimum Gasteiger partial charge on any atom is -0.497 e. The van der Waals surface area contributed by atoms with E-state index in [9.17, 15) is 0 Å². The quantitative estimate of drug-likeness (QED) is 0.630. The third-order valence-corrected chi connectivity index (χ3v) is 4.01. The third-order valence-electron chi connectivity index (χ3n) is 4.01. The van der Waals surface area contributed by atoms with Crippen molar-refractivity contribution in [1.29, 1.82) is 0 Å². The van der Waals surface area contributed by atoms with E-state index in [0.717, 1.165) is 34.9 Å². The zero-order chi connectivity index (χ0) is 17.6. The molecule has 3 aromatic rings. The summed E-state index contributed by atoms with van der Waals surface area (Å²) in [5.74, 6) is 2.58. The van der Waals surface area contributed by atoms with Gasteiger partial charge in [-0.3, -0.25) is 9.58 Å². The Balaban J connectivity index is 1.83. The number of methoxy groups -OCH3 is 2. The molecular weight excluding hydrogens is 318 g/mol. The van der Waals surface area contributed by atoms with E-state index < -0.39 is 0 Å². The third kappa shape index (κ3) is 4.42. The van der Waals surface area contributed by atoms with Crippen LogP contribution in [-0.2, 0) is 26.7 Å². The van der Waals surface area contributed by atoms with Crippen molar-refractivity contribution in [2.24, 2.45) is 7.05 Å². The van der Waals surface area contributed by atoms with Gasteiger partial charge >= 0.3 is 0 Å². The van der Waals surface area contributed by atoms with Gasteiger partial charge in [0, 0.05) is 37.5 Å². The molecule has 0 bridgehead atoms. The minimum atomic E-state index is 0.697. The van der Waals surface area contributed by atoms with Crippen molar-refractivity contribution < 1.29 is 13.9 Å². The van der Waals surface area contributed by atoms with Crippen LogP contribution in [0.25, 0.3) is 0 Å². The Morgan fingerprint density at radius 3 is 2.64 bits per heavy atom. The number of benzene rings is 1. The first-order valence-electron chi connectivity index (χ1n) is 8.11. The highest BCUT2D eigenvalue weighted by atomic mass is 16.5. The van der Waals surface area contributed by atoms with Gasteiger partial charge in [-0.25, -0.2) is 0 Å². The molecule has 0 saturated carbocycles. The maximum atomic E-state index is 5.53. The first-order valence-corrected chi connectivity index (χ1v) is 8.11. The maximum Gasteiger partial charge on any atom is 0.123 e. The van der Waals surface area contributed by atoms with Gasteiger partial charge in [0.25, 0.3) is 0 Å². The fraction of sp³-hybridized carbons (Fsp3) is 0.316. The highest BCUT2D eigenvalue weighted by molar-refractivity contribution is 5.40. The second-order valence-electron chi connectivity index (χ2n) is 5.92. The van der Waals surface area contributed by atoms with E-state index in [0.29, 0.717) is 13.1 Å². The zero-order valence-corrected chi connectivity index (χ0v) is 14.8. The smallest absolute Gasteiger partial charge is 0.123 e. The van der Waals surface area contributed by atoms with Crippen LogP contribution >= 0.6 is 0 Å². The number of aromatic nitrogens is 2. The highest BCUT2D eigenvalue weighted by Gasteiger charge is 2.14. The molecule has 0 fully saturated rings. The van der Waals surface area contributed by atoms with Gasteiger partial charge < -0.3 is 13.9 Å². The Morgan fingerprint density at radius 2 is 2.00 bits per heavy atom. The number of hydrogen-bond acceptors (Lipinski definition) is 5. The fourth-order valence-corrected chi connectivity index (χ4v) is 2.85. The summed E-state index contributed by atoms with van der Waals surface area (Å²) in [6, 6.07) is 9.74. The van der Waals surface area contributed by atoms with Gasteiger partial charge in [-0.2, -0.15) is 5.10 Å². The van der Waals surface area contributed by atoms with E-state index >= 15 is 0 Å². The number of hydrogen-bond donors (Lipinski definition) is 0. The van der Waals surface area contributed by atoms with Crippen LogP contribution in [0, 0.1) is 0 Å². The lowest BCUT2D eigenvalue weighted by Gasteiger charge is -2.22. The Bertz CT molecular complexity index is 796. The molecule has 25 heavy (non-hydrogen) atoms. The van der Waals surface area contributed by atoms with Crippen LogP contribution < -0.4 is 9.47 Å². The lowest BCUT2D eigenvalue weighted by atomic mass is 10.1. The molecule has 0 aliphatic carbocycles. The zero-order valence-electron chi connectivity index (χ0n) is 14.8. The van der Waals surface area contributed by atoms with Gasteiger partial charge in [0.1, 0.15) is 17.3 Å². The summed E-state index contributed by atoms with van der Waals surface area (Å²) in [4.78, 5) is 2.28. The van der Waals surface area contributed by atoms with E-state index in [2.05, 4.69) is 10.00 Å². The summed E-state index contributed by atoms with van der Waals surface area (Å²) in [5.41, 5.74) is 2.22. The van der Waals surface area contributed by atoms with Gasteiger partial charge in [0.05, 0.1) is 33.2 Å². The molecule has 0 N–H and O–H groups in total. The first kappa shape index (κ1) is 17.1. The predicted molar refractivity (Wildman–Crippen MR) is 94.4 cm³/mol. The molecule has 6 heteroatoms.